The van der Waals surface area contributed by atoms with E-state index in [1.54, 1.807) is 29.2 Å². The van der Waals surface area contributed by atoms with Crippen molar-refractivity contribution in [1.29, 1.82) is 0 Å². The van der Waals surface area contributed by atoms with E-state index < -0.39 is 39.1 Å². The van der Waals surface area contributed by atoms with Gasteiger partial charge in [-0.2, -0.15) is 13.2 Å². The minimum atomic E-state index is -4.82. The van der Waals surface area contributed by atoms with Crippen LogP contribution in [-0.4, -0.2) is 40.8 Å². The van der Waals surface area contributed by atoms with E-state index in [9.17, 15) is 31.2 Å². The van der Waals surface area contributed by atoms with Gasteiger partial charge in [0.15, 0.2) is 26.4 Å². The standard InChI is InChI=1S/C30H34F3N5O4S2/c1-17(2)26-25-23(16-38(26)28-34-15-22(18(3)39)27(37-28)30(31,32)33)43-29(36-25)35-24(40)14-20-8-10-21(11-9-20)44(41,42)13-12-19-6-4-5-7-19/h8-11,15,17,19,26H,4-7,12-14,16H2,1-3H3,(H,35,36,40)/t26-/m0/s1. The number of aromatic nitrogens is 3. The molecular formula is C30H34F3N5O4S2. The fraction of sp³-hybridized carbons (Fsp3) is 0.500. The van der Waals surface area contributed by atoms with E-state index >= 15 is 0 Å². The van der Waals surface area contributed by atoms with Crippen molar-refractivity contribution in [2.75, 3.05) is 16.0 Å². The molecule has 0 radical (unpaired) electrons. The molecule has 0 spiro atoms. The Hall–Kier alpha value is -3.39. The maximum atomic E-state index is 13.7. The molecule has 44 heavy (non-hydrogen) atoms. The molecular weight excluding hydrogens is 615 g/mol. The highest BCUT2D eigenvalue weighted by Gasteiger charge is 2.41. The van der Waals surface area contributed by atoms with Gasteiger partial charge in [0.25, 0.3) is 0 Å². The number of amides is 1. The number of nitrogens with zero attached hydrogens (tertiary/aromatic N) is 4. The van der Waals surface area contributed by atoms with Gasteiger partial charge in [-0.05, 0) is 42.9 Å². The van der Waals surface area contributed by atoms with E-state index in [1.807, 2.05) is 13.8 Å². The number of thiazole rings is 1. The van der Waals surface area contributed by atoms with Crippen molar-refractivity contribution < 1.29 is 31.2 Å². The van der Waals surface area contributed by atoms with Crippen LogP contribution in [0.2, 0.25) is 0 Å². The van der Waals surface area contributed by atoms with Crippen LogP contribution < -0.4 is 10.2 Å². The van der Waals surface area contributed by atoms with Gasteiger partial charge in [0.2, 0.25) is 11.9 Å². The zero-order valence-electron chi connectivity index (χ0n) is 24.6. The van der Waals surface area contributed by atoms with Gasteiger partial charge in [-0.15, -0.1) is 0 Å². The third-order valence-corrected chi connectivity index (χ3v) is 10.9. The molecule has 3 aromatic rings. The Kier molecular flexibility index (Phi) is 9.13. The summed E-state index contributed by atoms with van der Waals surface area (Å²) in [6.45, 7) is 5.03. The van der Waals surface area contributed by atoms with Crippen molar-refractivity contribution in [2.45, 2.75) is 83.0 Å². The summed E-state index contributed by atoms with van der Waals surface area (Å²) in [6.07, 6.45) is 1.30. The maximum Gasteiger partial charge on any atom is 0.434 e. The molecule has 14 heteroatoms. The van der Waals surface area contributed by atoms with Crippen LogP contribution in [0, 0.1) is 11.8 Å². The van der Waals surface area contributed by atoms with Crippen LogP contribution >= 0.6 is 11.3 Å². The summed E-state index contributed by atoms with van der Waals surface area (Å²) in [7, 11) is -3.39. The lowest BCUT2D eigenvalue weighted by atomic mass is 10.0. The highest BCUT2D eigenvalue weighted by Crippen LogP contribution is 2.44. The summed E-state index contributed by atoms with van der Waals surface area (Å²) in [4.78, 5) is 39.7. The Morgan fingerprint density at radius 3 is 2.41 bits per heavy atom. The van der Waals surface area contributed by atoms with Crippen molar-refractivity contribution >= 4 is 43.9 Å². The third kappa shape index (κ3) is 6.96. The van der Waals surface area contributed by atoms with Crippen molar-refractivity contribution in [3.05, 3.63) is 57.9 Å². The number of benzene rings is 1. The zero-order chi connectivity index (χ0) is 31.8. The minimum absolute atomic E-state index is 0.0168. The van der Waals surface area contributed by atoms with Gasteiger partial charge in [-0.3, -0.25) is 9.59 Å². The molecule has 1 fully saturated rings. The molecule has 0 bridgehead atoms. The second-order valence-corrected chi connectivity index (χ2v) is 15.0. The van der Waals surface area contributed by atoms with E-state index in [2.05, 4.69) is 20.3 Å². The summed E-state index contributed by atoms with van der Waals surface area (Å²) in [5.41, 5.74) is -0.585. The predicted molar refractivity (Wildman–Crippen MR) is 160 cm³/mol. The van der Waals surface area contributed by atoms with Crippen molar-refractivity contribution in [3.8, 4) is 0 Å². The molecule has 2 aliphatic rings. The Labute approximate surface area is 258 Å². The van der Waals surface area contributed by atoms with Gasteiger partial charge in [-0.1, -0.05) is 63.0 Å². The van der Waals surface area contributed by atoms with Gasteiger partial charge < -0.3 is 10.2 Å². The second kappa shape index (κ2) is 12.5. The topological polar surface area (TPSA) is 122 Å². The summed E-state index contributed by atoms with van der Waals surface area (Å²) in [5, 5.41) is 3.15. The first-order chi connectivity index (χ1) is 20.7. The number of sulfone groups is 1. The molecule has 0 unspecified atom stereocenters. The van der Waals surface area contributed by atoms with E-state index in [4.69, 9.17) is 0 Å². The molecule has 3 heterocycles. The molecule has 1 aliphatic carbocycles. The van der Waals surface area contributed by atoms with Gasteiger partial charge in [0, 0.05) is 6.20 Å². The predicted octanol–water partition coefficient (Wildman–Crippen LogP) is 6.41. The zero-order valence-corrected chi connectivity index (χ0v) is 26.3. The summed E-state index contributed by atoms with van der Waals surface area (Å²) < 4.78 is 66.6. The molecule has 1 N–H and O–H groups in total. The fourth-order valence-electron chi connectivity index (χ4n) is 5.92. The number of rotatable bonds is 10. The van der Waals surface area contributed by atoms with Gasteiger partial charge >= 0.3 is 6.18 Å². The van der Waals surface area contributed by atoms with Crippen LogP contribution in [0.25, 0.3) is 0 Å². The fourth-order valence-corrected chi connectivity index (χ4v) is 8.37. The first kappa shape index (κ1) is 32.0. The molecule has 1 atom stereocenters. The molecule has 9 nitrogen and oxygen atoms in total. The monoisotopic (exact) mass is 649 g/mol. The molecule has 2 aromatic heterocycles. The number of alkyl halides is 3. The van der Waals surface area contributed by atoms with Crippen molar-refractivity contribution in [3.63, 3.8) is 0 Å². The smallest absolute Gasteiger partial charge is 0.327 e. The number of carbonyl (C=O) groups is 2. The number of nitrogens with one attached hydrogen (secondary N) is 1. The molecule has 1 saturated carbocycles. The van der Waals surface area contributed by atoms with Gasteiger partial charge in [0.05, 0.1) is 45.8 Å². The SMILES string of the molecule is CC(=O)c1cnc(N2Cc3sc(NC(=O)Cc4ccc(S(=O)(=O)CCC5CCCC5)cc4)nc3[C@@H]2C(C)C)nc1C(F)(F)F. The number of hydrogen-bond donors (Lipinski definition) is 1. The number of carbonyl (C=O) groups excluding carboxylic acids is 2. The first-order valence-electron chi connectivity index (χ1n) is 14.6. The number of halogens is 3. The molecule has 1 aliphatic heterocycles. The van der Waals surface area contributed by atoms with Crippen molar-refractivity contribution in [2.24, 2.45) is 11.8 Å². The normalized spacial score (nSPS) is 17.3. The lowest BCUT2D eigenvalue weighted by Gasteiger charge is -2.28. The van der Waals surface area contributed by atoms with Crippen LogP contribution in [0.3, 0.4) is 0 Å². The Bertz CT molecular complexity index is 1650. The third-order valence-electron chi connectivity index (χ3n) is 8.13. The van der Waals surface area contributed by atoms with E-state index in [1.165, 1.54) is 24.2 Å². The summed E-state index contributed by atoms with van der Waals surface area (Å²) >= 11 is 1.22. The van der Waals surface area contributed by atoms with Crippen LogP contribution in [-0.2, 0) is 33.8 Å². The number of Topliss-reactive ketones (excluding diaryl/α,β-unsaturated/α-hetero) is 1. The number of hydrogen-bond acceptors (Lipinski definition) is 9. The quantitative estimate of drug-likeness (QED) is 0.250. The molecule has 236 valence electrons. The molecule has 1 amide bonds. The molecule has 0 saturated heterocycles. The Morgan fingerprint density at radius 2 is 1.80 bits per heavy atom. The first-order valence-corrected chi connectivity index (χ1v) is 17.0. The second-order valence-electron chi connectivity index (χ2n) is 11.8. The largest absolute Gasteiger partial charge is 0.434 e. The van der Waals surface area contributed by atoms with E-state index in [0.29, 0.717) is 28.7 Å². The average Bonchev–Trinajstić information content (AvgIpc) is 3.68. The number of anilines is 2. The lowest BCUT2D eigenvalue weighted by molar-refractivity contribution is -0.141. The lowest BCUT2D eigenvalue weighted by Crippen LogP contribution is -2.29. The van der Waals surface area contributed by atoms with Crippen molar-refractivity contribution in [1.82, 2.24) is 15.0 Å². The van der Waals surface area contributed by atoms with Crippen LogP contribution in [0.1, 0.15) is 91.1 Å². The Balaban J connectivity index is 1.25. The van der Waals surface area contributed by atoms with E-state index in [0.717, 1.165) is 30.8 Å². The summed E-state index contributed by atoms with van der Waals surface area (Å²) in [5.74, 6) is -0.734. The Morgan fingerprint density at radius 1 is 1.11 bits per heavy atom. The highest BCUT2D eigenvalue weighted by atomic mass is 32.2. The maximum absolute atomic E-state index is 13.7. The van der Waals surface area contributed by atoms with Crippen LogP contribution in [0.15, 0.2) is 35.4 Å². The van der Waals surface area contributed by atoms with Crippen LogP contribution in [0.5, 0.6) is 0 Å². The minimum Gasteiger partial charge on any atom is -0.327 e. The molecule has 5 rings (SSSR count). The number of ketones is 1. The van der Waals surface area contributed by atoms with Gasteiger partial charge in [-0.25, -0.2) is 23.4 Å². The highest BCUT2D eigenvalue weighted by molar-refractivity contribution is 7.91. The van der Waals surface area contributed by atoms with Crippen LogP contribution in [0.4, 0.5) is 24.3 Å². The summed E-state index contributed by atoms with van der Waals surface area (Å²) in [6, 6.07) is 5.93. The van der Waals surface area contributed by atoms with Gasteiger partial charge in [0.1, 0.15) is 0 Å². The number of fused-ring (bicyclic) bond motifs is 1. The average molecular weight is 650 g/mol. The van der Waals surface area contributed by atoms with E-state index in [-0.39, 0.29) is 41.4 Å². The molecule has 1 aromatic carbocycles.